The first-order valence-corrected chi connectivity index (χ1v) is 6.90. The number of halogens is 3. The number of nitrogens with one attached hydrogen (secondary N) is 1. The fourth-order valence-electron chi connectivity index (χ4n) is 2.64. The number of carbonyl (C=O) groups is 1. The van der Waals surface area contributed by atoms with Crippen molar-refractivity contribution in [3.8, 4) is 0 Å². The van der Waals surface area contributed by atoms with Crippen LogP contribution in [0.3, 0.4) is 0 Å². The lowest BCUT2D eigenvalue weighted by Crippen LogP contribution is -2.40. The quantitative estimate of drug-likeness (QED) is 0.786. The first kappa shape index (κ1) is 16.3. The maximum atomic E-state index is 12.0. The molecule has 19 heavy (non-hydrogen) atoms. The lowest BCUT2D eigenvalue weighted by molar-refractivity contribution is -0.135. The lowest BCUT2D eigenvalue weighted by atomic mass is 9.85. The molecule has 3 nitrogen and oxygen atoms in total. The summed E-state index contributed by atoms with van der Waals surface area (Å²) < 4.78 is 36.1. The molecule has 0 radical (unpaired) electrons. The molecule has 1 unspecified atom stereocenters. The highest BCUT2D eigenvalue weighted by atomic mass is 19.4. The molecule has 1 aliphatic carbocycles. The predicted molar refractivity (Wildman–Crippen MR) is 67.4 cm³/mol. The van der Waals surface area contributed by atoms with E-state index in [4.69, 9.17) is 5.73 Å². The van der Waals surface area contributed by atoms with Crippen molar-refractivity contribution in [1.29, 1.82) is 0 Å². The van der Waals surface area contributed by atoms with Gasteiger partial charge in [-0.1, -0.05) is 0 Å². The van der Waals surface area contributed by atoms with E-state index in [-0.39, 0.29) is 24.3 Å². The van der Waals surface area contributed by atoms with Crippen molar-refractivity contribution in [3.63, 3.8) is 0 Å². The molecule has 0 aromatic rings. The Morgan fingerprint density at radius 2 is 1.89 bits per heavy atom. The van der Waals surface area contributed by atoms with Crippen LogP contribution in [0.1, 0.15) is 51.9 Å². The van der Waals surface area contributed by atoms with Crippen LogP contribution in [0.4, 0.5) is 13.2 Å². The van der Waals surface area contributed by atoms with Gasteiger partial charge in [-0.25, -0.2) is 0 Å². The van der Waals surface area contributed by atoms with Crippen molar-refractivity contribution in [2.45, 2.75) is 70.1 Å². The second kappa shape index (κ2) is 7.12. The second-order valence-corrected chi connectivity index (χ2v) is 5.53. The third kappa shape index (κ3) is 6.80. The lowest BCUT2D eigenvalue weighted by Gasteiger charge is -2.30. The topological polar surface area (TPSA) is 55.1 Å². The van der Waals surface area contributed by atoms with Crippen LogP contribution in [0.2, 0.25) is 0 Å². The minimum absolute atomic E-state index is 0.0291. The van der Waals surface area contributed by atoms with E-state index in [1.54, 1.807) is 0 Å². The highest BCUT2D eigenvalue weighted by Gasteiger charge is 2.27. The van der Waals surface area contributed by atoms with Gasteiger partial charge >= 0.3 is 6.18 Å². The van der Waals surface area contributed by atoms with Gasteiger partial charge in [0, 0.05) is 24.4 Å². The molecule has 0 aromatic carbocycles. The molecule has 0 bridgehead atoms. The van der Waals surface area contributed by atoms with E-state index in [1.807, 2.05) is 6.92 Å². The Hall–Kier alpha value is -0.780. The van der Waals surface area contributed by atoms with Gasteiger partial charge in [0.25, 0.3) is 0 Å². The van der Waals surface area contributed by atoms with Crippen LogP contribution >= 0.6 is 0 Å². The predicted octanol–water partition coefficient (Wildman–Crippen LogP) is 2.74. The van der Waals surface area contributed by atoms with Crippen LogP contribution in [0.25, 0.3) is 0 Å². The Kier molecular flexibility index (Phi) is 6.10. The minimum Gasteiger partial charge on any atom is -0.369 e. The maximum Gasteiger partial charge on any atom is 0.389 e. The summed E-state index contributed by atoms with van der Waals surface area (Å²) in [5, 5.41) is 3.35. The van der Waals surface area contributed by atoms with Gasteiger partial charge in [0.1, 0.15) is 0 Å². The SMILES string of the molecule is CC(CCCC(F)(F)F)NC1CCC(C(N)=O)CC1. The third-order valence-corrected chi connectivity index (χ3v) is 3.75. The zero-order chi connectivity index (χ0) is 14.5. The first-order valence-electron chi connectivity index (χ1n) is 6.90. The Morgan fingerprint density at radius 1 is 1.32 bits per heavy atom. The molecule has 1 saturated carbocycles. The molecule has 0 aromatic heterocycles. The van der Waals surface area contributed by atoms with Crippen LogP contribution in [0.15, 0.2) is 0 Å². The summed E-state index contributed by atoms with van der Waals surface area (Å²) >= 11 is 0. The second-order valence-electron chi connectivity index (χ2n) is 5.53. The fraction of sp³-hybridized carbons (Fsp3) is 0.923. The number of nitrogens with two attached hydrogens (primary N) is 1. The first-order chi connectivity index (χ1) is 8.78. The average molecular weight is 280 g/mol. The monoisotopic (exact) mass is 280 g/mol. The molecule has 1 aliphatic rings. The smallest absolute Gasteiger partial charge is 0.369 e. The number of rotatable bonds is 6. The van der Waals surface area contributed by atoms with Crippen molar-refractivity contribution in [2.24, 2.45) is 11.7 Å². The van der Waals surface area contributed by atoms with E-state index >= 15 is 0 Å². The normalized spacial score (nSPS) is 26.1. The van der Waals surface area contributed by atoms with Gasteiger partial charge in [-0.05, 0) is 45.4 Å². The van der Waals surface area contributed by atoms with Gasteiger partial charge in [-0.15, -0.1) is 0 Å². The van der Waals surface area contributed by atoms with Gasteiger partial charge in [0.15, 0.2) is 0 Å². The number of hydrogen-bond acceptors (Lipinski definition) is 2. The molecule has 1 amide bonds. The van der Waals surface area contributed by atoms with E-state index in [1.165, 1.54) is 0 Å². The number of primary amides is 1. The molecule has 112 valence electrons. The Balaban J connectivity index is 2.16. The summed E-state index contributed by atoms with van der Waals surface area (Å²) in [6, 6.07) is 0.383. The molecule has 0 saturated heterocycles. The van der Waals surface area contributed by atoms with Crippen molar-refractivity contribution in [2.75, 3.05) is 0 Å². The zero-order valence-corrected chi connectivity index (χ0v) is 11.3. The molecular weight excluding hydrogens is 257 g/mol. The largest absolute Gasteiger partial charge is 0.389 e. The van der Waals surface area contributed by atoms with Crippen LogP contribution in [-0.4, -0.2) is 24.2 Å². The number of carbonyl (C=O) groups excluding carboxylic acids is 1. The zero-order valence-electron chi connectivity index (χ0n) is 11.3. The number of hydrogen-bond donors (Lipinski definition) is 2. The highest BCUT2D eigenvalue weighted by molar-refractivity contribution is 5.76. The van der Waals surface area contributed by atoms with Crippen LogP contribution < -0.4 is 11.1 Å². The molecule has 1 rings (SSSR count). The van der Waals surface area contributed by atoms with Crippen molar-refractivity contribution < 1.29 is 18.0 Å². The number of alkyl halides is 3. The molecular formula is C13H23F3N2O. The maximum absolute atomic E-state index is 12.0. The van der Waals surface area contributed by atoms with E-state index in [2.05, 4.69) is 5.32 Å². The summed E-state index contributed by atoms with van der Waals surface area (Å²) in [7, 11) is 0. The summed E-state index contributed by atoms with van der Waals surface area (Å²) in [5.74, 6) is -0.268. The van der Waals surface area contributed by atoms with Crippen LogP contribution in [0.5, 0.6) is 0 Å². The molecule has 1 fully saturated rings. The summed E-state index contributed by atoms with van der Waals surface area (Å²) in [6.07, 6.45) is -0.783. The van der Waals surface area contributed by atoms with E-state index in [0.717, 1.165) is 25.7 Å². The highest BCUT2D eigenvalue weighted by Crippen LogP contribution is 2.25. The molecule has 3 N–H and O–H groups in total. The minimum atomic E-state index is -4.06. The summed E-state index contributed by atoms with van der Waals surface area (Å²) in [4.78, 5) is 11.0. The molecule has 6 heteroatoms. The molecule has 0 heterocycles. The van der Waals surface area contributed by atoms with Gasteiger partial charge in [-0.3, -0.25) is 4.79 Å². The molecule has 0 aliphatic heterocycles. The van der Waals surface area contributed by atoms with Crippen molar-refractivity contribution in [3.05, 3.63) is 0 Å². The fourth-order valence-corrected chi connectivity index (χ4v) is 2.64. The Morgan fingerprint density at radius 3 is 2.37 bits per heavy atom. The van der Waals surface area contributed by atoms with Crippen molar-refractivity contribution in [1.82, 2.24) is 5.32 Å². The summed E-state index contributed by atoms with van der Waals surface area (Å²) in [5.41, 5.74) is 5.25. The summed E-state index contributed by atoms with van der Waals surface area (Å²) in [6.45, 7) is 1.91. The third-order valence-electron chi connectivity index (χ3n) is 3.75. The van der Waals surface area contributed by atoms with E-state index < -0.39 is 12.6 Å². The molecule has 0 spiro atoms. The van der Waals surface area contributed by atoms with Gasteiger partial charge in [0.05, 0.1) is 0 Å². The standard InChI is InChI=1S/C13H23F3N2O/c1-9(3-2-8-13(14,15)16)18-11-6-4-10(5-7-11)12(17)19/h9-11,18H,2-8H2,1H3,(H2,17,19). The average Bonchev–Trinajstić information content (AvgIpc) is 2.27. The van der Waals surface area contributed by atoms with Gasteiger partial charge < -0.3 is 11.1 Å². The van der Waals surface area contributed by atoms with Crippen molar-refractivity contribution >= 4 is 5.91 Å². The number of amides is 1. The van der Waals surface area contributed by atoms with E-state index in [0.29, 0.717) is 12.5 Å². The molecule has 1 atom stereocenters. The van der Waals surface area contributed by atoms with Gasteiger partial charge in [0.2, 0.25) is 5.91 Å². The Labute approximate surface area is 112 Å². The van der Waals surface area contributed by atoms with E-state index in [9.17, 15) is 18.0 Å². The van der Waals surface area contributed by atoms with Crippen LogP contribution in [0, 0.1) is 5.92 Å². The van der Waals surface area contributed by atoms with Crippen LogP contribution in [-0.2, 0) is 4.79 Å². The Bertz CT molecular complexity index is 286. The van der Waals surface area contributed by atoms with Gasteiger partial charge in [-0.2, -0.15) is 13.2 Å².